The number of benzene rings is 4. The molecule has 8 heteroatoms. The fourth-order valence-corrected chi connectivity index (χ4v) is 7.73. The van der Waals surface area contributed by atoms with E-state index in [1.54, 1.807) is 32.1 Å². The van der Waals surface area contributed by atoms with Crippen LogP contribution in [0, 0.1) is 96.9 Å². The topological polar surface area (TPSA) is 116 Å². The SMILES string of the molecule is Cc1cc(/C=C/C(=O)c2c(C)c(C)c(C)c(C)c2C)cc(C)c1OC(C)(C)C(=O)O.Cc1cc(/C=C/C(=O)c2c(C)c(C)c(C)c(C)c2C)cc(C)c1OC(C)(C)C(=O)OC(C)(C)C. The van der Waals surface area contributed by atoms with Crippen LogP contribution in [-0.4, -0.2) is 45.4 Å². The average Bonchev–Trinajstić information content (AvgIpc) is 3.18. The maximum Gasteiger partial charge on any atom is 0.350 e. The van der Waals surface area contributed by atoms with Crippen LogP contribution >= 0.6 is 0 Å². The number of carboxylic acid groups (broad SMARTS) is 1. The van der Waals surface area contributed by atoms with Crippen LogP contribution in [0.5, 0.6) is 11.5 Å². The van der Waals surface area contributed by atoms with Gasteiger partial charge in [-0.3, -0.25) is 9.59 Å². The minimum Gasteiger partial charge on any atom is -0.478 e. The predicted octanol–water partition coefficient (Wildman–Crippen LogP) is 13.2. The Morgan fingerprint density at radius 3 is 0.969 bits per heavy atom. The molecule has 4 aromatic rings. The number of allylic oxidation sites excluding steroid dienone is 2. The van der Waals surface area contributed by atoms with Gasteiger partial charge in [0, 0.05) is 11.1 Å². The van der Waals surface area contributed by atoms with E-state index in [0.717, 1.165) is 77.9 Å². The molecule has 0 atom stereocenters. The molecule has 0 aliphatic rings. The summed E-state index contributed by atoms with van der Waals surface area (Å²) in [5.74, 6) is -0.243. The quantitative estimate of drug-likeness (QED) is 0.0850. The van der Waals surface area contributed by atoms with E-state index < -0.39 is 28.7 Å². The Balaban J connectivity index is 0.000000343. The van der Waals surface area contributed by atoms with Crippen molar-refractivity contribution in [3.8, 4) is 11.5 Å². The van der Waals surface area contributed by atoms with E-state index >= 15 is 0 Å². The van der Waals surface area contributed by atoms with Gasteiger partial charge in [0.2, 0.25) is 0 Å². The van der Waals surface area contributed by atoms with Crippen LogP contribution in [0.15, 0.2) is 36.4 Å². The summed E-state index contributed by atoms with van der Waals surface area (Å²) in [6, 6.07) is 7.72. The van der Waals surface area contributed by atoms with Crippen molar-refractivity contribution < 1.29 is 38.5 Å². The zero-order valence-corrected chi connectivity index (χ0v) is 42.4. The van der Waals surface area contributed by atoms with E-state index in [4.69, 9.17) is 14.2 Å². The summed E-state index contributed by atoms with van der Waals surface area (Å²) in [6.07, 6.45) is 6.90. The monoisotopic (exact) mass is 873 g/mol. The number of carbonyl (C=O) groups excluding carboxylic acids is 3. The van der Waals surface area contributed by atoms with Gasteiger partial charge in [-0.25, -0.2) is 9.59 Å². The molecule has 0 aliphatic carbocycles. The fourth-order valence-electron chi connectivity index (χ4n) is 7.73. The Morgan fingerprint density at radius 1 is 0.438 bits per heavy atom. The van der Waals surface area contributed by atoms with Crippen molar-refractivity contribution in [2.75, 3.05) is 0 Å². The fraction of sp³-hybridized carbons (Fsp3) is 0.429. The summed E-state index contributed by atoms with van der Waals surface area (Å²) in [4.78, 5) is 50.1. The Kier molecular flexibility index (Phi) is 16.4. The number of aliphatic carboxylic acids is 1. The zero-order chi connectivity index (χ0) is 49.1. The summed E-state index contributed by atoms with van der Waals surface area (Å²) >= 11 is 0. The number of ether oxygens (including phenoxy) is 3. The molecule has 8 nitrogen and oxygen atoms in total. The van der Waals surface area contributed by atoms with Crippen LogP contribution in [0.25, 0.3) is 12.2 Å². The van der Waals surface area contributed by atoms with Gasteiger partial charge in [0.25, 0.3) is 0 Å². The number of hydrogen-bond acceptors (Lipinski definition) is 7. The lowest BCUT2D eigenvalue weighted by Crippen LogP contribution is -2.43. The first-order valence-corrected chi connectivity index (χ1v) is 21.9. The summed E-state index contributed by atoms with van der Waals surface area (Å²) < 4.78 is 17.4. The summed E-state index contributed by atoms with van der Waals surface area (Å²) in [6.45, 7) is 40.1. The van der Waals surface area contributed by atoms with E-state index in [1.165, 1.54) is 36.1 Å². The Hall–Kier alpha value is -5.76. The van der Waals surface area contributed by atoms with Gasteiger partial charge < -0.3 is 19.3 Å². The van der Waals surface area contributed by atoms with Crippen LogP contribution < -0.4 is 9.47 Å². The maximum atomic E-state index is 13.1. The van der Waals surface area contributed by atoms with Crippen molar-refractivity contribution in [2.24, 2.45) is 0 Å². The average molecular weight is 873 g/mol. The first kappa shape index (κ1) is 52.6. The maximum absolute atomic E-state index is 13.1. The molecule has 0 unspecified atom stereocenters. The molecule has 0 saturated heterocycles. The van der Waals surface area contributed by atoms with Crippen LogP contribution in [-0.2, 0) is 14.3 Å². The highest BCUT2D eigenvalue weighted by Crippen LogP contribution is 2.33. The second-order valence-corrected chi connectivity index (χ2v) is 19.4. The lowest BCUT2D eigenvalue weighted by Gasteiger charge is -2.30. The van der Waals surface area contributed by atoms with E-state index in [-0.39, 0.29) is 11.6 Å². The predicted molar refractivity (Wildman–Crippen MR) is 262 cm³/mol. The Bertz CT molecular complexity index is 2460. The lowest BCUT2D eigenvalue weighted by atomic mass is 9.87. The molecule has 0 spiro atoms. The Morgan fingerprint density at radius 2 is 0.703 bits per heavy atom. The van der Waals surface area contributed by atoms with Gasteiger partial charge in [-0.15, -0.1) is 0 Å². The second kappa shape index (κ2) is 20.0. The van der Waals surface area contributed by atoms with Gasteiger partial charge in [-0.1, -0.05) is 12.2 Å². The molecule has 0 saturated carbocycles. The summed E-state index contributed by atoms with van der Waals surface area (Å²) in [5.41, 5.74) is 15.0. The molecule has 0 bridgehead atoms. The number of hydrogen-bond donors (Lipinski definition) is 1. The highest BCUT2D eigenvalue weighted by atomic mass is 16.6. The van der Waals surface area contributed by atoms with Crippen molar-refractivity contribution >= 4 is 35.7 Å². The highest BCUT2D eigenvalue weighted by molar-refractivity contribution is 6.10. The molecule has 0 aliphatic heterocycles. The summed E-state index contributed by atoms with van der Waals surface area (Å²) in [5, 5.41) is 9.32. The van der Waals surface area contributed by atoms with Crippen LogP contribution in [0.1, 0.15) is 158 Å². The minimum absolute atomic E-state index is 0.00268. The molecule has 0 amide bonds. The number of rotatable bonds is 12. The Labute approximate surface area is 383 Å². The van der Waals surface area contributed by atoms with E-state index in [9.17, 15) is 24.3 Å². The minimum atomic E-state index is -1.32. The third kappa shape index (κ3) is 12.1. The van der Waals surface area contributed by atoms with Gasteiger partial charge in [0.1, 0.15) is 17.1 Å². The number of carbonyl (C=O) groups is 4. The van der Waals surface area contributed by atoms with Gasteiger partial charge in [0.05, 0.1) is 0 Å². The molecular weight excluding hydrogens is 801 g/mol. The first-order chi connectivity index (χ1) is 29.2. The van der Waals surface area contributed by atoms with Crippen molar-refractivity contribution in [2.45, 2.75) is 162 Å². The van der Waals surface area contributed by atoms with E-state index in [2.05, 4.69) is 41.5 Å². The molecule has 4 aromatic carbocycles. The first-order valence-electron chi connectivity index (χ1n) is 21.9. The molecule has 0 heterocycles. The lowest BCUT2D eigenvalue weighted by molar-refractivity contribution is -0.171. The van der Waals surface area contributed by atoms with Crippen molar-refractivity contribution in [1.29, 1.82) is 0 Å². The molecule has 0 fully saturated rings. The largest absolute Gasteiger partial charge is 0.478 e. The standard InChI is InChI=1S/C30H40O4.C26H32O4/c1-17-15-24(13-14-25(31)26-22(6)20(4)19(3)21(5)23(26)7)16-18(2)27(17)33-30(11,12)28(32)34-29(8,9)10;1-14-12-21(13-15(2)24(14)30-26(8,9)25(28)29)10-11-22(27)23-19(6)17(4)16(3)18(5)20(23)7/h13-16H,1-12H3;10-13H,1-9H3,(H,28,29)/b14-13+;11-10+. The second-order valence-electron chi connectivity index (χ2n) is 19.4. The third-order valence-corrected chi connectivity index (χ3v) is 12.4. The number of carboxylic acids is 1. The van der Waals surface area contributed by atoms with Crippen LogP contribution in [0.3, 0.4) is 0 Å². The molecule has 0 aromatic heterocycles. The molecule has 4 rings (SSSR count). The van der Waals surface area contributed by atoms with Gasteiger partial charge in [-0.2, -0.15) is 0 Å². The zero-order valence-electron chi connectivity index (χ0n) is 42.4. The summed E-state index contributed by atoms with van der Waals surface area (Å²) in [7, 11) is 0. The van der Waals surface area contributed by atoms with Crippen LogP contribution in [0.2, 0.25) is 0 Å². The van der Waals surface area contributed by atoms with Gasteiger partial charge >= 0.3 is 11.9 Å². The molecule has 344 valence electrons. The van der Waals surface area contributed by atoms with Gasteiger partial charge in [0.15, 0.2) is 22.8 Å². The van der Waals surface area contributed by atoms with Crippen LogP contribution in [0.4, 0.5) is 0 Å². The highest BCUT2D eigenvalue weighted by Gasteiger charge is 2.36. The molecule has 64 heavy (non-hydrogen) atoms. The molecule has 1 N–H and O–H groups in total. The number of esters is 1. The third-order valence-electron chi connectivity index (χ3n) is 12.4. The van der Waals surface area contributed by atoms with Crippen molar-refractivity contribution in [1.82, 2.24) is 0 Å². The van der Waals surface area contributed by atoms with Crippen molar-refractivity contribution in [3.63, 3.8) is 0 Å². The normalized spacial score (nSPS) is 12.0. The number of aryl methyl sites for hydroxylation is 4. The van der Waals surface area contributed by atoms with Crippen molar-refractivity contribution in [3.05, 3.63) is 137 Å². The molecular formula is C56H72O8. The molecule has 0 radical (unpaired) electrons. The van der Waals surface area contributed by atoms with E-state index in [0.29, 0.717) is 11.5 Å². The van der Waals surface area contributed by atoms with Gasteiger partial charge in [-0.05, 0) is 271 Å². The number of ketones is 2. The smallest absolute Gasteiger partial charge is 0.350 e. The van der Waals surface area contributed by atoms with E-state index in [1.807, 2.05) is 107 Å².